The van der Waals surface area contributed by atoms with Crippen molar-refractivity contribution in [1.82, 2.24) is 20.0 Å². The van der Waals surface area contributed by atoms with Crippen LogP contribution >= 0.6 is 23.2 Å². The molecule has 0 fully saturated rings. The molecular formula is C24H21Cl2N5O3. The molecule has 1 amide bonds. The van der Waals surface area contributed by atoms with E-state index in [9.17, 15) is 4.79 Å². The molecule has 2 heterocycles. The largest absolute Gasteiger partial charge is 0.482 e. The molecule has 0 unspecified atom stereocenters. The van der Waals surface area contributed by atoms with Crippen LogP contribution in [0.4, 0.5) is 5.69 Å². The van der Waals surface area contributed by atoms with Gasteiger partial charge >= 0.3 is 0 Å². The van der Waals surface area contributed by atoms with Gasteiger partial charge in [-0.15, -0.1) is 10.2 Å². The highest BCUT2D eigenvalue weighted by atomic mass is 35.5. The SMILES string of the molecule is Cc1nn(-c2ccc(Oc3ccc(NC(=O)COc4ccc(Cl)cc4Cl)cc3)nn2)c(C)c1C. The number of carbonyl (C=O) groups is 1. The first-order chi connectivity index (χ1) is 16.3. The Morgan fingerprint density at radius 3 is 2.38 bits per heavy atom. The van der Waals surface area contributed by atoms with Crippen LogP contribution in [0.3, 0.4) is 0 Å². The fourth-order valence-electron chi connectivity index (χ4n) is 3.08. The summed E-state index contributed by atoms with van der Waals surface area (Å²) in [7, 11) is 0. The number of ether oxygens (including phenoxy) is 2. The van der Waals surface area contributed by atoms with Gasteiger partial charge in [-0.2, -0.15) is 5.10 Å². The summed E-state index contributed by atoms with van der Waals surface area (Å²) in [6.07, 6.45) is 0. The molecule has 4 rings (SSSR count). The lowest BCUT2D eigenvalue weighted by molar-refractivity contribution is -0.118. The summed E-state index contributed by atoms with van der Waals surface area (Å²) in [4.78, 5) is 12.2. The molecule has 0 spiro atoms. The molecule has 0 aliphatic carbocycles. The maximum atomic E-state index is 12.2. The molecule has 0 atom stereocenters. The number of anilines is 1. The third-order valence-corrected chi connectivity index (χ3v) is 5.64. The molecule has 2 aromatic carbocycles. The zero-order valence-corrected chi connectivity index (χ0v) is 20.2. The van der Waals surface area contributed by atoms with E-state index >= 15 is 0 Å². The number of amides is 1. The maximum Gasteiger partial charge on any atom is 0.262 e. The topological polar surface area (TPSA) is 91.2 Å². The third-order valence-electron chi connectivity index (χ3n) is 5.11. The molecule has 0 aliphatic rings. The monoisotopic (exact) mass is 497 g/mol. The van der Waals surface area contributed by atoms with Crippen LogP contribution in [0.1, 0.15) is 17.0 Å². The number of nitrogens with one attached hydrogen (secondary N) is 1. The zero-order chi connectivity index (χ0) is 24.2. The van der Waals surface area contributed by atoms with Gasteiger partial charge in [0.1, 0.15) is 11.5 Å². The molecule has 8 nitrogen and oxygen atoms in total. The second-order valence-corrected chi connectivity index (χ2v) is 8.32. The lowest BCUT2D eigenvalue weighted by Crippen LogP contribution is -2.20. The number of aryl methyl sites for hydroxylation is 1. The minimum absolute atomic E-state index is 0.198. The summed E-state index contributed by atoms with van der Waals surface area (Å²) in [6, 6.07) is 15.2. The summed E-state index contributed by atoms with van der Waals surface area (Å²) >= 11 is 11.9. The van der Waals surface area contributed by atoms with E-state index in [-0.39, 0.29) is 12.5 Å². The molecule has 0 saturated heterocycles. The van der Waals surface area contributed by atoms with E-state index in [1.807, 2.05) is 20.8 Å². The Morgan fingerprint density at radius 2 is 1.76 bits per heavy atom. The number of carbonyl (C=O) groups excluding carboxylic acids is 1. The average Bonchev–Trinajstić information content (AvgIpc) is 3.07. The first-order valence-corrected chi connectivity index (χ1v) is 11.1. The molecule has 10 heteroatoms. The highest BCUT2D eigenvalue weighted by Gasteiger charge is 2.11. The second-order valence-electron chi connectivity index (χ2n) is 7.48. The van der Waals surface area contributed by atoms with E-state index in [0.29, 0.717) is 38.9 Å². The Balaban J connectivity index is 1.32. The number of hydrogen-bond donors (Lipinski definition) is 1. The molecule has 4 aromatic rings. The number of aromatic nitrogens is 4. The van der Waals surface area contributed by atoms with E-state index in [4.69, 9.17) is 32.7 Å². The molecule has 1 N–H and O–H groups in total. The molecule has 2 aromatic heterocycles. The standard InChI is InChI=1S/C24H21Cl2N5O3/c1-14-15(2)30-31(16(14)3)22-10-11-24(29-28-22)34-19-7-5-18(6-8-19)27-23(32)13-33-21-9-4-17(25)12-20(21)26/h4-12H,13H2,1-3H3,(H,27,32). The highest BCUT2D eigenvalue weighted by molar-refractivity contribution is 6.35. The van der Waals surface area contributed by atoms with E-state index in [2.05, 4.69) is 20.6 Å². The van der Waals surface area contributed by atoms with E-state index in [1.165, 1.54) is 0 Å². The predicted octanol–water partition coefficient (Wildman–Crippen LogP) is 5.70. The van der Waals surface area contributed by atoms with E-state index < -0.39 is 0 Å². The van der Waals surface area contributed by atoms with Gasteiger partial charge in [0, 0.05) is 22.5 Å². The van der Waals surface area contributed by atoms with Crippen molar-refractivity contribution in [2.75, 3.05) is 11.9 Å². The van der Waals surface area contributed by atoms with E-state index in [0.717, 1.165) is 17.0 Å². The summed E-state index contributed by atoms with van der Waals surface area (Å²) in [5.74, 6) is 1.55. The Hall–Kier alpha value is -3.62. The number of nitrogens with zero attached hydrogens (tertiary/aromatic N) is 4. The lowest BCUT2D eigenvalue weighted by Gasteiger charge is -2.10. The normalized spacial score (nSPS) is 10.7. The van der Waals surface area contributed by atoms with Gasteiger partial charge in [-0.25, -0.2) is 4.68 Å². The maximum absolute atomic E-state index is 12.2. The van der Waals surface area contributed by atoms with Crippen molar-refractivity contribution >= 4 is 34.8 Å². The Morgan fingerprint density at radius 1 is 1.00 bits per heavy atom. The summed E-state index contributed by atoms with van der Waals surface area (Å²) in [6.45, 7) is 5.77. The Kier molecular flexibility index (Phi) is 7.00. The van der Waals surface area contributed by atoms with Gasteiger partial charge in [-0.05, 0) is 74.9 Å². The Labute approximate surface area is 206 Å². The van der Waals surface area contributed by atoms with Gasteiger partial charge in [0.25, 0.3) is 5.91 Å². The minimum Gasteiger partial charge on any atom is -0.482 e. The first-order valence-electron chi connectivity index (χ1n) is 10.3. The molecule has 0 radical (unpaired) electrons. The van der Waals surface area contributed by atoms with Crippen LogP contribution in [-0.2, 0) is 4.79 Å². The van der Waals surface area contributed by atoms with Crippen molar-refractivity contribution in [1.29, 1.82) is 0 Å². The van der Waals surface area contributed by atoms with Gasteiger partial charge in [0.05, 0.1) is 10.7 Å². The van der Waals surface area contributed by atoms with Crippen molar-refractivity contribution in [2.24, 2.45) is 0 Å². The van der Waals surface area contributed by atoms with Crippen molar-refractivity contribution in [2.45, 2.75) is 20.8 Å². The van der Waals surface area contributed by atoms with Crippen LogP contribution in [0.15, 0.2) is 54.6 Å². The fraction of sp³-hybridized carbons (Fsp3) is 0.167. The van der Waals surface area contributed by atoms with Crippen LogP contribution in [-0.4, -0.2) is 32.5 Å². The molecule has 0 aliphatic heterocycles. The van der Waals surface area contributed by atoms with Crippen molar-refractivity contribution in [3.05, 3.63) is 81.6 Å². The van der Waals surface area contributed by atoms with Crippen molar-refractivity contribution < 1.29 is 14.3 Å². The van der Waals surface area contributed by atoms with Crippen LogP contribution in [0.2, 0.25) is 10.0 Å². The number of rotatable bonds is 7. The van der Waals surface area contributed by atoms with Gasteiger partial charge in [0.2, 0.25) is 5.88 Å². The molecule has 0 saturated carbocycles. The quantitative estimate of drug-likeness (QED) is 0.351. The molecule has 0 bridgehead atoms. The smallest absolute Gasteiger partial charge is 0.262 e. The van der Waals surface area contributed by atoms with Crippen LogP contribution in [0, 0.1) is 20.8 Å². The van der Waals surface area contributed by atoms with Gasteiger partial charge in [0.15, 0.2) is 12.4 Å². The molecule has 34 heavy (non-hydrogen) atoms. The lowest BCUT2D eigenvalue weighted by atomic mass is 10.2. The summed E-state index contributed by atoms with van der Waals surface area (Å²) in [5.41, 5.74) is 3.67. The van der Waals surface area contributed by atoms with Crippen LogP contribution < -0.4 is 14.8 Å². The number of hydrogen-bond acceptors (Lipinski definition) is 6. The zero-order valence-electron chi connectivity index (χ0n) is 18.7. The summed E-state index contributed by atoms with van der Waals surface area (Å²) in [5, 5.41) is 16.4. The van der Waals surface area contributed by atoms with Crippen LogP contribution in [0.25, 0.3) is 5.82 Å². The average molecular weight is 498 g/mol. The molecular weight excluding hydrogens is 477 g/mol. The fourth-order valence-corrected chi connectivity index (χ4v) is 3.55. The number of halogens is 2. The Bertz CT molecular complexity index is 1320. The molecule has 174 valence electrons. The number of benzene rings is 2. The third kappa shape index (κ3) is 5.47. The summed E-state index contributed by atoms with van der Waals surface area (Å²) < 4.78 is 12.9. The van der Waals surface area contributed by atoms with Crippen molar-refractivity contribution in [3.63, 3.8) is 0 Å². The van der Waals surface area contributed by atoms with Gasteiger partial charge < -0.3 is 14.8 Å². The van der Waals surface area contributed by atoms with Gasteiger partial charge in [-0.3, -0.25) is 4.79 Å². The van der Waals surface area contributed by atoms with E-state index in [1.54, 1.807) is 59.3 Å². The predicted molar refractivity (Wildman–Crippen MR) is 130 cm³/mol. The highest BCUT2D eigenvalue weighted by Crippen LogP contribution is 2.27. The van der Waals surface area contributed by atoms with Crippen molar-refractivity contribution in [3.8, 4) is 23.2 Å². The second kappa shape index (κ2) is 10.1. The minimum atomic E-state index is -0.333. The van der Waals surface area contributed by atoms with Crippen LogP contribution in [0.5, 0.6) is 17.4 Å². The first kappa shape index (κ1) is 23.5. The van der Waals surface area contributed by atoms with Gasteiger partial charge in [-0.1, -0.05) is 23.2 Å².